The molecule has 5 rings (SSSR count). The first kappa shape index (κ1) is 26.7. The minimum atomic E-state index is -1.22. The van der Waals surface area contributed by atoms with Crippen molar-refractivity contribution in [2.75, 3.05) is 0 Å². The molecule has 3 aromatic rings. The highest BCUT2D eigenvalue weighted by Crippen LogP contribution is 2.34. The zero-order valence-electron chi connectivity index (χ0n) is 22.1. The molecule has 0 saturated heterocycles. The van der Waals surface area contributed by atoms with E-state index in [1.165, 1.54) is 67.9 Å². The molecule has 0 aromatic heterocycles. The lowest BCUT2D eigenvalue weighted by Crippen LogP contribution is -2.12. The molecular weight excluding hydrogens is 492 g/mol. The van der Waals surface area contributed by atoms with E-state index in [0.717, 1.165) is 25.7 Å². The van der Waals surface area contributed by atoms with Crippen LogP contribution in [0.25, 0.3) is 0 Å². The Labute approximate surface area is 229 Å². The van der Waals surface area contributed by atoms with Crippen molar-refractivity contribution in [3.8, 4) is 11.5 Å². The van der Waals surface area contributed by atoms with Gasteiger partial charge >= 0.3 is 17.9 Å². The molecule has 0 radical (unpaired) electrons. The van der Waals surface area contributed by atoms with Crippen LogP contribution in [0, 0.1) is 0 Å². The number of esters is 2. The number of carboxylic acids is 1. The molecule has 0 unspecified atom stereocenters. The van der Waals surface area contributed by atoms with Crippen molar-refractivity contribution in [3.63, 3.8) is 0 Å². The average molecular weight is 527 g/mol. The number of carbonyl (C=O) groups is 3. The van der Waals surface area contributed by atoms with Crippen LogP contribution < -0.4 is 9.47 Å². The molecule has 0 bridgehead atoms. The maximum atomic E-state index is 12.8. The predicted molar refractivity (Wildman–Crippen MR) is 148 cm³/mol. The van der Waals surface area contributed by atoms with Crippen molar-refractivity contribution in [2.45, 2.75) is 76.0 Å². The third kappa shape index (κ3) is 6.75. The Morgan fingerprint density at radius 3 is 1.28 bits per heavy atom. The highest BCUT2D eigenvalue weighted by Gasteiger charge is 2.19. The second-order valence-electron chi connectivity index (χ2n) is 10.7. The van der Waals surface area contributed by atoms with Crippen molar-refractivity contribution in [1.82, 2.24) is 0 Å². The number of ether oxygens (including phenoxy) is 2. The third-order valence-electron chi connectivity index (χ3n) is 7.99. The smallest absolute Gasteiger partial charge is 0.343 e. The van der Waals surface area contributed by atoms with E-state index in [0.29, 0.717) is 23.0 Å². The first-order chi connectivity index (χ1) is 19.0. The molecule has 1 N–H and O–H groups in total. The summed E-state index contributed by atoms with van der Waals surface area (Å²) >= 11 is 0. The Morgan fingerprint density at radius 1 is 0.538 bits per heavy atom. The third-order valence-corrected chi connectivity index (χ3v) is 7.99. The monoisotopic (exact) mass is 526 g/mol. The van der Waals surface area contributed by atoms with Crippen LogP contribution in [0.2, 0.25) is 0 Å². The summed E-state index contributed by atoms with van der Waals surface area (Å²) in [6.07, 6.45) is 12.1. The van der Waals surface area contributed by atoms with E-state index >= 15 is 0 Å². The minimum absolute atomic E-state index is 0.00768. The Morgan fingerprint density at radius 2 is 0.923 bits per heavy atom. The Bertz CT molecular complexity index is 1220. The largest absolute Gasteiger partial charge is 0.478 e. The first-order valence-electron chi connectivity index (χ1n) is 14.0. The summed E-state index contributed by atoms with van der Waals surface area (Å²) in [5.74, 6) is -1.41. The zero-order valence-corrected chi connectivity index (χ0v) is 22.1. The molecule has 2 aliphatic rings. The molecule has 3 aromatic carbocycles. The number of carbonyl (C=O) groups excluding carboxylic acids is 2. The van der Waals surface area contributed by atoms with Gasteiger partial charge in [0.2, 0.25) is 0 Å². The summed E-state index contributed by atoms with van der Waals surface area (Å²) in [5, 5.41) is 9.56. The molecule has 0 amide bonds. The highest BCUT2D eigenvalue weighted by atomic mass is 16.5. The fourth-order valence-electron chi connectivity index (χ4n) is 5.80. The maximum Gasteiger partial charge on any atom is 0.343 e. The van der Waals surface area contributed by atoms with Gasteiger partial charge in [0.15, 0.2) is 0 Å². The van der Waals surface area contributed by atoms with Gasteiger partial charge in [-0.1, -0.05) is 62.8 Å². The van der Waals surface area contributed by atoms with Gasteiger partial charge in [0.25, 0.3) is 0 Å². The van der Waals surface area contributed by atoms with E-state index in [1.54, 1.807) is 24.3 Å². The number of hydrogen-bond donors (Lipinski definition) is 1. The molecule has 2 saturated carbocycles. The van der Waals surface area contributed by atoms with Crippen LogP contribution in [0.1, 0.15) is 118 Å². The molecule has 202 valence electrons. The van der Waals surface area contributed by atoms with Crippen molar-refractivity contribution < 1.29 is 29.0 Å². The van der Waals surface area contributed by atoms with Crippen LogP contribution in [0.15, 0.2) is 66.7 Å². The molecule has 0 spiro atoms. The molecule has 2 fully saturated rings. The SMILES string of the molecule is O=C(O)c1cc(OC(=O)c2ccc(C3CCCCC3)cc2)cc(OC(=O)c2ccc(C3CCCCC3)cc2)c1. The Balaban J connectivity index is 1.27. The van der Waals surface area contributed by atoms with E-state index in [-0.39, 0.29) is 17.1 Å². The van der Waals surface area contributed by atoms with Gasteiger partial charge in [-0.15, -0.1) is 0 Å². The molecule has 0 atom stereocenters. The summed E-state index contributed by atoms with van der Waals surface area (Å²) in [4.78, 5) is 37.4. The maximum absolute atomic E-state index is 12.8. The standard InChI is InChI=1S/C33H34O6/c34-31(35)28-19-29(38-32(36)26-15-11-24(12-16-26)22-7-3-1-4-8-22)21-30(20-28)39-33(37)27-17-13-25(14-18-27)23-9-5-2-6-10-23/h11-23H,1-10H2,(H,34,35). The van der Waals surface area contributed by atoms with E-state index in [4.69, 9.17) is 9.47 Å². The van der Waals surface area contributed by atoms with Crippen molar-refractivity contribution in [2.24, 2.45) is 0 Å². The van der Waals surface area contributed by atoms with E-state index in [1.807, 2.05) is 24.3 Å². The number of hydrogen-bond acceptors (Lipinski definition) is 5. The van der Waals surface area contributed by atoms with Crippen LogP contribution in [0.4, 0.5) is 0 Å². The van der Waals surface area contributed by atoms with Crippen LogP contribution in [-0.2, 0) is 0 Å². The van der Waals surface area contributed by atoms with Crippen LogP contribution in [0.3, 0.4) is 0 Å². The molecule has 6 heteroatoms. The van der Waals surface area contributed by atoms with Crippen LogP contribution in [-0.4, -0.2) is 23.0 Å². The van der Waals surface area contributed by atoms with Gasteiger partial charge in [0, 0.05) is 6.07 Å². The molecule has 0 heterocycles. The van der Waals surface area contributed by atoms with Crippen molar-refractivity contribution >= 4 is 17.9 Å². The number of carboxylic acid groups (broad SMARTS) is 1. The summed E-state index contributed by atoms with van der Waals surface area (Å²) in [5.41, 5.74) is 3.03. The Kier molecular flexibility index (Phi) is 8.40. The van der Waals surface area contributed by atoms with E-state index in [9.17, 15) is 19.5 Å². The van der Waals surface area contributed by atoms with Crippen molar-refractivity contribution in [1.29, 1.82) is 0 Å². The van der Waals surface area contributed by atoms with Gasteiger partial charge < -0.3 is 14.6 Å². The lowest BCUT2D eigenvalue weighted by Gasteiger charge is -2.22. The first-order valence-corrected chi connectivity index (χ1v) is 14.0. The average Bonchev–Trinajstić information content (AvgIpc) is 2.98. The van der Waals surface area contributed by atoms with Gasteiger partial charge in [0.1, 0.15) is 11.5 Å². The zero-order chi connectivity index (χ0) is 27.2. The molecular formula is C33H34O6. The number of rotatable bonds is 7. The number of benzene rings is 3. The molecule has 2 aliphatic carbocycles. The second kappa shape index (κ2) is 12.3. The summed E-state index contributed by atoms with van der Waals surface area (Å²) < 4.78 is 11.0. The van der Waals surface area contributed by atoms with Crippen molar-refractivity contribution in [3.05, 3.63) is 94.5 Å². The quantitative estimate of drug-likeness (QED) is 0.248. The fraction of sp³-hybridized carbons (Fsp3) is 0.364. The second-order valence-corrected chi connectivity index (χ2v) is 10.7. The normalized spacial score (nSPS) is 16.4. The summed E-state index contributed by atoms with van der Waals surface area (Å²) in [6.45, 7) is 0. The molecule has 0 aliphatic heterocycles. The molecule has 39 heavy (non-hydrogen) atoms. The minimum Gasteiger partial charge on any atom is -0.478 e. The lowest BCUT2D eigenvalue weighted by molar-refractivity contribution is 0.0680. The fourth-order valence-corrected chi connectivity index (χ4v) is 5.80. The topological polar surface area (TPSA) is 89.9 Å². The van der Waals surface area contributed by atoms with Gasteiger partial charge in [-0.05, 0) is 85.0 Å². The summed E-state index contributed by atoms with van der Waals surface area (Å²) in [7, 11) is 0. The van der Waals surface area contributed by atoms with Crippen LogP contribution in [0.5, 0.6) is 11.5 Å². The highest BCUT2D eigenvalue weighted by molar-refractivity contribution is 5.94. The summed E-state index contributed by atoms with van der Waals surface area (Å²) in [6, 6.07) is 18.7. The van der Waals surface area contributed by atoms with Gasteiger partial charge in [0.05, 0.1) is 16.7 Å². The molecule has 6 nitrogen and oxygen atoms in total. The van der Waals surface area contributed by atoms with Gasteiger partial charge in [-0.3, -0.25) is 0 Å². The van der Waals surface area contributed by atoms with E-state index < -0.39 is 17.9 Å². The predicted octanol–water partition coefficient (Wildman–Crippen LogP) is 7.92. The Hall–Kier alpha value is -3.93. The lowest BCUT2D eigenvalue weighted by atomic mass is 9.84. The van der Waals surface area contributed by atoms with E-state index in [2.05, 4.69) is 0 Å². The van der Waals surface area contributed by atoms with Gasteiger partial charge in [-0.25, -0.2) is 14.4 Å². The van der Waals surface area contributed by atoms with Crippen LogP contribution >= 0.6 is 0 Å². The number of aromatic carboxylic acids is 1. The van der Waals surface area contributed by atoms with Gasteiger partial charge in [-0.2, -0.15) is 0 Å².